The summed E-state index contributed by atoms with van der Waals surface area (Å²) in [5, 5.41) is 9.66. The Morgan fingerprint density at radius 1 is 1.06 bits per heavy atom. The lowest BCUT2D eigenvalue weighted by atomic mass is 9.96. The van der Waals surface area contributed by atoms with Gasteiger partial charge in [-0.3, -0.25) is 4.90 Å². The molecule has 1 N–H and O–H groups in total. The molecule has 1 fully saturated rings. The van der Waals surface area contributed by atoms with Crippen molar-refractivity contribution in [2.75, 3.05) is 13.1 Å². The van der Waals surface area contributed by atoms with Crippen molar-refractivity contribution in [1.82, 2.24) is 4.90 Å². The Morgan fingerprint density at radius 3 is 2.12 bits per heavy atom. The third-order valence-electron chi connectivity index (χ3n) is 3.31. The molecule has 0 atom stereocenters. The van der Waals surface area contributed by atoms with E-state index in [1.165, 1.54) is 32.4 Å². The van der Waals surface area contributed by atoms with Crippen molar-refractivity contribution in [2.24, 2.45) is 0 Å². The molecular weight excluding hydrogens is 198 g/mol. The van der Waals surface area contributed by atoms with Crippen LogP contribution in [0.3, 0.4) is 0 Å². The van der Waals surface area contributed by atoms with Gasteiger partial charge in [0, 0.05) is 5.54 Å². The average molecular weight is 225 g/mol. The Morgan fingerprint density at radius 2 is 1.62 bits per heavy atom. The Hall–Kier alpha value is -0.340. The summed E-state index contributed by atoms with van der Waals surface area (Å²) >= 11 is 0. The third kappa shape index (κ3) is 4.67. The largest absolute Gasteiger partial charge is 0.390 e. The van der Waals surface area contributed by atoms with Gasteiger partial charge in [-0.15, -0.1) is 0 Å². The summed E-state index contributed by atoms with van der Waals surface area (Å²) in [5.74, 6) is 0. The Balaban J connectivity index is 2.49. The van der Waals surface area contributed by atoms with Crippen LogP contribution >= 0.6 is 0 Å². The number of hydrogen-bond acceptors (Lipinski definition) is 2. The summed E-state index contributed by atoms with van der Waals surface area (Å²) < 4.78 is 0. The van der Waals surface area contributed by atoms with E-state index < -0.39 is 5.60 Å². The molecule has 2 nitrogen and oxygen atoms in total. The third-order valence-corrected chi connectivity index (χ3v) is 3.31. The molecule has 0 bridgehead atoms. The average Bonchev–Trinajstić information content (AvgIpc) is 2.17. The second-order valence-corrected chi connectivity index (χ2v) is 6.12. The zero-order chi connectivity index (χ0) is 12.2. The van der Waals surface area contributed by atoms with Crippen LogP contribution in [-0.2, 0) is 0 Å². The van der Waals surface area contributed by atoms with Gasteiger partial charge in [0.25, 0.3) is 0 Å². The molecule has 16 heavy (non-hydrogen) atoms. The van der Waals surface area contributed by atoms with Gasteiger partial charge in [0.1, 0.15) is 0 Å². The summed E-state index contributed by atoms with van der Waals surface area (Å²) in [6.07, 6.45) is 9.11. The Bertz CT molecular complexity index is 232. The van der Waals surface area contributed by atoms with Gasteiger partial charge in [0.2, 0.25) is 0 Å². The molecular formula is C14H27NO. The minimum atomic E-state index is -0.589. The van der Waals surface area contributed by atoms with E-state index in [4.69, 9.17) is 0 Å². The van der Waals surface area contributed by atoms with Gasteiger partial charge in [-0.05, 0) is 60.0 Å². The molecule has 94 valence electrons. The van der Waals surface area contributed by atoms with E-state index in [9.17, 15) is 5.11 Å². The van der Waals surface area contributed by atoms with Gasteiger partial charge in [-0.1, -0.05) is 18.6 Å². The zero-order valence-electron chi connectivity index (χ0n) is 11.3. The van der Waals surface area contributed by atoms with Crippen LogP contribution in [0.15, 0.2) is 12.2 Å². The Labute approximate surface area is 100 Å². The molecule has 2 heteroatoms. The molecule has 1 aliphatic heterocycles. The SMILES string of the molecule is CC(C)(O)CC=CC(C)(C)N1CCCCC1. The predicted octanol–water partition coefficient (Wildman–Crippen LogP) is 2.97. The number of rotatable bonds is 4. The van der Waals surface area contributed by atoms with Crippen molar-refractivity contribution >= 4 is 0 Å². The van der Waals surface area contributed by atoms with Crippen LogP contribution in [0.1, 0.15) is 53.4 Å². The van der Waals surface area contributed by atoms with Crippen LogP contribution in [0.5, 0.6) is 0 Å². The van der Waals surface area contributed by atoms with Gasteiger partial charge in [0.05, 0.1) is 5.60 Å². The van der Waals surface area contributed by atoms with Crippen LogP contribution in [-0.4, -0.2) is 34.2 Å². The molecule has 1 saturated heterocycles. The van der Waals surface area contributed by atoms with Gasteiger partial charge in [-0.2, -0.15) is 0 Å². The van der Waals surface area contributed by atoms with Crippen molar-refractivity contribution in [3.05, 3.63) is 12.2 Å². The maximum absolute atomic E-state index is 9.66. The summed E-state index contributed by atoms with van der Waals surface area (Å²) in [4.78, 5) is 2.54. The topological polar surface area (TPSA) is 23.5 Å². The molecule has 1 rings (SSSR count). The highest BCUT2D eigenvalue weighted by atomic mass is 16.3. The van der Waals surface area contributed by atoms with Gasteiger partial charge < -0.3 is 5.11 Å². The molecule has 0 radical (unpaired) electrons. The second-order valence-electron chi connectivity index (χ2n) is 6.12. The number of hydrogen-bond donors (Lipinski definition) is 1. The van der Waals surface area contributed by atoms with Crippen LogP contribution < -0.4 is 0 Å². The molecule has 0 aromatic rings. The van der Waals surface area contributed by atoms with Crippen molar-refractivity contribution in [3.63, 3.8) is 0 Å². The maximum atomic E-state index is 9.66. The predicted molar refractivity (Wildman–Crippen MR) is 69.6 cm³/mol. The van der Waals surface area contributed by atoms with Crippen LogP contribution in [0.4, 0.5) is 0 Å². The second kappa shape index (κ2) is 5.33. The molecule has 0 aromatic heterocycles. The van der Waals surface area contributed by atoms with Crippen LogP contribution in [0, 0.1) is 0 Å². The van der Waals surface area contributed by atoms with Gasteiger partial charge in [0.15, 0.2) is 0 Å². The summed E-state index contributed by atoms with van der Waals surface area (Å²) in [6.45, 7) is 10.6. The first kappa shape index (κ1) is 13.7. The lowest BCUT2D eigenvalue weighted by Crippen LogP contribution is -2.45. The lowest BCUT2D eigenvalue weighted by molar-refractivity contribution is 0.0829. The summed E-state index contributed by atoms with van der Waals surface area (Å²) in [7, 11) is 0. The standard InChI is InChI=1S/C14H27NO/c1-13(2,9-8-10-14(3,4)16)15-11-6-5-7-12-15/h8-9,16H,5-7,10-12H2,1-4H3. The van der Waals surface area contributed by atoms with Crippen LogP contribution in [0.25, 0.3) is 0 Å². The number of piperidine rings is 1. The van der Waals surface area contributed by atoms with E-state index in [2.05, 4.69) is 30.9 Å². The van der Waals surface area contributed by atoms with E-state index in [1.54, 1.807) is 0 Å². The maximum Gasteiger partial charge on any atom is 0.0626 e. The Kier molecular flexibility index (Phi) is 4.57. The summed E-state index contributed by atoms with van der Waals surface area (Å²) in [5.41, 5.74) is -0.458. The minimum Gasteiger partial charge on any atom is -0.390 e. The van der Waals surface area contributed by atoms with Crippen molar-refractivity contribution in [2.45, 2.75) is 64.5 Å². The fourth-order valence-corrected chi connectivity index (χ4v) is 2.21. The van der Waals surface area contributed by atoms with E-state index in [0.717, 1.165) is 6.42 Å². The summed E-state index contributed by atoms with van der Waals surface area (Å²) in [6, 6.07) is 0. The highest BCUT2D eigenvalue weighted by Gasteiger charge is 2.25. The number of likely N-dealkylation sites (tertiary alicyclic amines) is 1. The van der Waals surface area contributed by atoms with E-state index >= 15 is 0 Å². The smallest absolute Gasteiger partial charge is 0.0626 e. The first-order valence-corrected chi connectivity index (χ1v) is 6.46. The zero-order valence-corrected chi connectivity index (χ0v) is 11.3. The highest BCUT2D eigenvalue weighted by Crippen LogP contribution is 2.22. The minimum absolute atomic E-state index is 0.131. The quantitative estimate of drug-likeness (QED) is 0.744. The normalized spacial score (nSPS) is 20.6. The molecule has 0 spiro atoms. The van der Waals surface area contributed by atoms with Crippen molar-refractivity contribution in [1.29, 1.82) is 0 Å². The molecule has 0 aliphatic carbocycles. The number of nitrogens with zero attached hydrogens (tertiary/aromatic N) is 1. The van der Waals surface area contributed by atoms with Crippen molar-refractivity contribution < 1.29 is 5.11 Å². The van der Waals surface area contributed by atoms with E-state index in [1.807, 2.05) is 13.8 Å². The molecule has 0 aromatic carbocycles. The van der Waals surface area contributed by atoms with E-state index in [0.29, 0.717) is 0 Å². The molecule has 0 amide bonds. The fraction of sp³-hybridized carbons (Fsp3) is 0.857. The molecule has 1 aliphatic rings. The highest BCUT2D eigenvalue weighted by molar-refractivity contribution is 5.04. The number of aliphatic hydroxyl groups is 1. The molecule has 1 heterocycles. The molecule has 0 unspecified atom stereocenters. The van der Waals surface area contributed by atoms with Gasteiger partial charge >= 0.3 is 0 Å². The van der Waals surface area contributed by atoms with E-state index in [-0.39, 0.29) is 5.54 Å². The van der Waals surface area contributed by atoms with Crippen molar-refractivity contribution in [3.8, 4) is 0 Å². The fourth-order valence-electron chi connectivity index (χ4n) is 2.21. The monoisotopic (exact) mass is 225 g/mol. The van der Waals surface area contributed by atoms with Gasteiger partial charge in [-0.25, -0.2) is 0 Å². The lowest BCUT2D eigenvalue weighted by Gasteiger charge is -2.39. The first-order chi connectivity index (χ1) is 7.31. The molecule has 0 saturated carbocycles. The first-order valence-electron chi connectivity index (χ1n) is 6.46. The van der Waals surface area contributed by atoms with Crippen LogP contribution in [0.2, 0.25) is 0 Å².